The molecule has 0 aliphatic heterocycles. The van der Waals surface area contributed by atoms with Crippen molar-refractivity contribution in [3.63, 3.8) is 0 Å². The molecule has 0 fully saturated rings. The second-order valence-corrected chi connectivity index (χ2v) is 11.6. The lowest BCUT2D eigenvalue weighted by molar-refractivity contribution is 0.362. The minimum absolute atomic E-state index is 0.0193. The number of unbranched alkanes of at least 4 members (excludes halogenated alkanes) is 2. The van der Waals surface area contributed by atoms with Gasteiger partial charge in [-0.15, -0.1) is 0 Å². The number of benzene rings is 1. The molecule has 2 aromatic rings. The number of phenolic OH excluding ortho intramolecular Hbond substituents is 1. The lowest BCUT2D eigenvalue weighted by atomic mass is 9.77. The van der Waals surface area contributed by atoms with Gasteiger partial charge in [-0.05, 0) is 49.5 Å². The van der Waals surface area contributed by atoms with Crippen molar-refractivity contribution >= 4 is 34.4 Å². The van der Waals surface area contributed by atoms with Gasteiger partial charge in [-0.1, -0.05) is 50.1 Å². The second kappa shape index (κ2) is 11.1. The van der Waals surface area contributed by atoms with Crippen molar-refractivity contribution in [1.82, 2.24) is 4.98 Å². The van der Waals surface area contributed by atoms with Crippen molar-refractivity contribution < 1.29 is 20.1 Å². The quantitative estimate of drug-likeness (QED) is 0.179. The predicted octanol–water partition coefficient (Wildman–Crippen LogP) is 2.31. The maximum atomic E-state index is 13.8. The van der Waals surface area contributed by atoms with Gasteiger partial charge in [0, 0.05) is 22.7 Å². The van der Waals surface area contributed by atoms with Gasteiger partial charge in [-0.25, -0.2) is 0 Å². The molecule has 0 amide bonds. The van der Waals surface area contributed by atoms with Crippen molar-refractivity contribution in [1.29, 1.82) is 0 Å². The summed E-state index contributed by atoms with van der Waals surface area (Å²) in [5.41, 5.74) is -5.21. The molecule has 10 heteroatoms. The number of ether oxygens (including phenoxy) is 1. The van der Waals surface area contributed by atoms with E-state index in [9.17, 15) is 39.3 Å². The largest absolute Gasteiger partial charge is 0.510 e. The molecule has 4 N–H and O–H groups in total. The number of H-pyrrole nitrogens is 1. The average molecular weight is 622 g/mol. The highest BCUT2D eigenvalue weighted by atomic mass is 16.5. The molecule has 1 unspecified atom stereocenters. The molecule has 0 bridgehead atoms. The van der Waals surface area contributed by atoms with Crippen LogP contribution in [0.3, 0.4) is 0 Å². The molecule has 1 spiro atoms. The summed E-state index contributed by atoms with van der Waals surface area (Å²) >= 11 is 0. The van der Waals surface area contributed by atoms with E-state index in [1.54, 1.807) is 24.3 Å². The van der Waals surface area contributed by atoms with Crippen molar-refractivity contribution in [2.24, 2.45) is 0 Å². The summed E-state index contributed by atoms with van der Waals surface area (Å²) in [6.07, 6.45) is 13.6. The lowest BCUT2D eigenvalue weighted by Crippen LogP contribution is -2.51. The molecule has 0 saturated carbocycles. The number of phenols is 1. The van der Waals surface area contributed by atoms with Gasteiger partial charge < -0.3 is 25.0 Å². The summed E-state index contributed by atoms with van der Waals surface area (Å²) in [5, 5.41) is 33.1. The van der Waals surface area contributed by atoms with E-state index in [2.05, 4.69) is 11.9 Å². The van der Waals surface area contributed by atoms with E-state index in [4.69, 9.17) is 4.74 Å². The SMILES string of the molecule is C/C=C/C=C/c1cc2c(/C=C/CCCC)c3c(c(O)c2c(=O)[nH]1)C1(CC3)C(O)=c2c(=O)c3c(=O)cc(OC)c(=O)c=3c(=O)c2=C1O. The fourth-order valence-electron chi connectivity index (χ4n) is 6.97. The summed E-state index contributed by atoms with van der Waals surface area (Å²) in [6, 6.07) is 2.53. The third kappa shape index (κ3) is 4.06. The number of rotatable bonds is 7. The number of aliphatic hydroxyl groups excluding tert-OH is 2. The van der Waals surface area contributed by atoms with E-state index in [0.717, 1.165) is 32.4 Å². The summed E-state index contributed by atoms with van der Waals surface area (Å²) < 4.78 is 4.94. The van der Waals surface area contributed by atoms with Gasteiger partial charge in [-0.2, -0.15) is 0 Å². The number of hydrogen-bond acceptors (Lipinski definition) is 9. The van der Waals surface area contributed by atoms with Gasteiger partial charge >= 0.3 is 0 Å². The molecule has 6 rings (SSSR count). The van der Waals surface area contributed by atoms with Crippen LogP contribution in [-0.4, -0.2) is 27.4 Å². The lowest BCUT2D eigenvalue weighted by Gasteiger charge is -2.27. The maximum absolute atomic E-state index is 13.8. The Bertz CT molecular complexity index is 2550. The van der Waals surface area contributed by atoms with Gasteiger partial charge in [0.2, 0.25) is 16.3 Å². The van der Waals surface area contributed by atoms with Crippen LogP contribution in [0.25, 0.3) is 34.4 Å². The van der Waals surface area contributed by atoms with E-state index in [1.165, 1.54) is 0 Å². The first-order chi connectivity index (χ1) is 22.0. The van der Waals surface area contributed by atoms with Crippen molar-refractivity contribution in [2.45, 2.75) is 51.4 Å². The highest BCUT2D eigenvalue weighted by molar-refractivity contribution is 6.00. The maximum Gasteiger partial charge on any atom is 0.260 e. The van der Waals surface area contributed by atoms with Crippen molar-refractivity contribution in [3.8, 4) is 11.5 Å². The molecule has 0 saturated heterocycles. The van der Waals surface area contributed by atoms with Crippen LogP contribution >= 0.6 is 0 Å². The summed E-state index contributed by atoms with van der Waals surface area (Å²) in [6.45, 7) is 3.91. The Balaban J connectivity index is 1.77. The van der Waals surface area contributed by atoms with Crippen molar-refractivity contribution in [2.75, 3.05) is 7.11 Å². The first-order valence-corrected chi connectivity index (χ1v) is 15.0. The van der Waals surface area contributed by atoms with E-state index < -0.39 is 76.6 Å². The number of allylic oxidation sites excluding steroid dienone is 4. The monoisotopic (exact) mass is 621 g/mol. The molecule has 1 atom stereocenters. The van der Waals surface area contributed by atoms with Crippen LogP contribution in [0.2, 0.25) is 0 Å². The van der Waals surface area contributed by atoms with Crippen LogP contribution in [0.1, 0.15) is 61.9 Å². The molecular weight excluding hydrogens is 590 g/mol. The molecule has 234 valence electrons. The van der Waals surface area contributed by atoms with E-state index >= 15 is 0 Å². The Morgan fingerprint density at radius 1 is 0.913 bits per heavy atom. The number of pyridine rings is 1. The smallest absolute Gasteiger partial charge is 0.260 e. The third-order valence-corrected chi connectivity index (χ3v) is 9.08. The predicted molar refractivity (Wildman–Crippen MR) is 176 cm³/mol. The topological polar surface area (TPSA) is 171 Å². The van der Waals surface area contributed by atoms with Gasteiger partial charge in [0.1, 0.15) is 22.7 Å². The molecule has 4 aliphatic carbocycles. The summed E-state index contributed by atoms with van der Waals surface area (Å²) in [5.74, 6) is -2.44. The number of aromatic hydroxyl groups is 1. The van der Waals surface area contributed by atoms with E-state index in [-0.39, 0.29) is 23.8 Å². The summed E-state index contributed by atoms with van der Waals surface area (Å²) in [7, 11) is 1.14. The molecule has 10 nitrogen and oxygen atoms in total. The molecule has 1 aromatic heterocycles. The number of nitrogens with one attached hydrogen (secondary N) is 1. The normalized spacial score (nSPS) is 17.5. The number of aliphatic hydroxyl groups is 2. The standard InChI is InChI=1S/C36H31NO9/c1-4-6-8-10-12-18-19-13-14-36(28(19)32(42)23-20(18)15-17(37-35(23)45)11-9-7-5-2)33(43)26-27(34(36)44)31(41)25-24(30(26)40)21(38)16-22(46-3)29(25)39/h5,7,9-12,15-16,42-44H,4,6,8,13-14H2,1-3H3,(H,37,45)/b7-5+,11-9+,12-10+. The van der Waals surface area contributed by atoms with E-state index in [1.807, 2.05) is 25.2 Å². The Morgan fingerprint density at radius 3 is 2.26 bits per heavy atom. The highest BCUT2D eigenvalue weighted by Gasteiger charge is 2.53. The van der Waals surface area contributed by atoms with Gasteiger partial charge in [0.25, 0.3) is 5.56 Å². The van der Waals surface area contributed by atoms with Crippen LogP contribution in [0, 0.1) is 10.4 Å². The van der Waals surface area contributed by atoms with Crippen LogP contribution < -0.4 is 42.4 Å². The molecular formula is C36H31NO9. The van der Waals surface area contributed by atoms with Crippen molar-refractivity contribution in [3.05, 3.63) is 131 Å². The zero-order valence-electron chi connectivity index (χ0n) is 25.4. The number of hydrogen-bond donors (Lipinski definition) is 4. The fraction of sp³-hybridized carbons (Fsp3) is 0.250. The molecule has 4 aliphatic rings. The van der Waals surface area contributed by atoms with Crippen LogP contribution in [-0.2, 0) is 11.8 Å². The number of fused-ring (bicyclic) bond motifs is 4. The fourth-order valence-corrected chi connectivity index (χ4v) is 6.97. The second-order valence-electron chi connectivity index (χ2n) is 11.6. The summed E-state index contributed by atoms with van der Waals surface area (Å²) in [4.78, 5) is 69.8. The zero-order valence-corrected chi connectivity index (χ0v) is 25.4. The molecule has 1 heterocycles. The van der Waals surface area contributed by atoms with Gasteiger partial charge in [0.15, 0.2) is 11.2 Å². The average Bonchev–Trinajstić information content (AvgIpc) is 3.53. The number of aromatic amines is 1. The first-order valence-electron chi connectivity index (χ1n) is 15.0. The minimum atomic E-state index is -1.98. The van der Waals surface area contributed by atoms with Gasteiger partial charge in [-0.3, -0.25) is 24.0 Å². The molecule has 1 aromatic carbocycles. The Labute approximate surface area is 260 Å². The van der Waals surface area contributed by atoms with Crippen LogP contribution in [0.15, 0.2) is 60.4 Å². The molecule has 46 heavy (non-hydrogen) atoms. The number of methoxy groups -OCH3 is 1. The third-order valence-electron chi connectivity index (χ3n) is 9.08. The minimum Gasteiger partial charge on any atom is -0.510 e. The van der Waals surface area contributed by atoms with E-state index in [0.29, 0.717) is 22.2 Å². The number of aromatic nitrogens is 1. The van der Waals surface area contributed by atoms with Gasteiger partial charge in [0.05, 0.1) is 33.4 Å². The first kappa shape index (κ1) is 30.5. The highest BCUT2D eigenvalue weighted by Crippen LogP contribution is 2.55. The van der Waals surface area contributed by atoms with Crippen LogP contribution in [0.4, 0.5) is 0 Å². The Hall–Kier alpha value is -5.51. The Kier molecular flexibility index (Phi) is 7.39. The van der Waals surface area contributed by atoms with Crippen LogP contribution in [0.5, 0.6) is 11.5 Å². The Morgan fingerprint density at radius 2 is 1.61 bits per heavy atom. The molecule has 0 radical (unpaired) electrons. The zero-order chi connectivity index (χ0) is 33.1.